The molecule has 1 aromatic carbocycles. The van der Waals surface area contributed by atoms with Crippen LogP contribution in [0.5, 0.6) is 0 Å². The molecular formula is C11H14ClNO. The third-order valence-electron chi connectivity index (χ3n) is 2.57. The second-order valence-corrected chi connectivity index (χ2v) is 4.06. The van der Waals surface area contributed by atoms with Crippen LogP contribution in [-0.4, -0.2) is 18.8 Å². The first-order valence-corrected chi connectivity index (χ1v) is 5.27. The lowest BCUT2D eigenvalue weighted by Crippen LogP contribution is -2.26. The van der Waals surface area contributed by atoms with Crippen molar-refractivity contribution in [3.8, 4) is 0 Å². The largest absolute Gasteiger partial charge is 0.380 e. The van der Waals surface area contributed by atoms with Crippen LogP contribution in [0.1, 0.15) is 13.3 Å². The van der Waals surface area contributed by atoms with Crippen LogP contribution >= 0.6 is 11.6 Å². The van der Waals surface area contributed by atoms with Gasteiger partial charge in [-0.25, -0.2) is 0 Å². The third-order valence-corrected chi connectivity index (χ3v) is 2.82. The molecule has 1 heterocycles. The van der Waals surface area contributed by atoms with Gasteiger partial charge >= 0.3 is 0 Å². The van der Waals surface area contributed by atoms with Crippen molar-refractivity contribution in [1.29, 1.82) is 0 Å². The lowest BCUT2D eigenvalue weighted by molar-refractivity contribution is 0.121. The molecule has 0 bridgehead atoms. The number of rotatable bonds is 2. The molecule has 0 amide bonds. The Balaban J connectivity index is 2.00. The predicted molar refractivity (Wildman–Crippen MR) is 58.9 cm³/mol. The molecule has 1 N–H and O–H groups in total. The van der Waals surface area contributed by atoms with Crippen molar-refractivity contribution in [3.05, 3.63) is 29.3 Å². The van der Waals surface area contributed by atoms with Crippen LogP contribution < -0.4 is 5.32 Å². The van der Waals surface area contributed by atoms with Crippen molar-refractivity contribution in [2.24, 2.45) is 0 Å². The SMILES string of the molecule is C[C@@H]1OCC[C@H]1Nc1ccc(Cl)cc1. The molecule has 1 fully saturated rings. The molecule has 0 radical (unpaired) electrons. The highest BCUT2D eigenvalue weighted by Gasteiger charge is 2.23. The van der Waals surface area contributed by atoms with E-state index in [9.17, 15) is 0 Å². The first-order valence-electron chi connectivity index (χ1n) is 4.89. The van der Waals surface area contributed by atoms with Gasteiger partial charge in [-0.1, -0.05) is 11.6 Å². The van der Waals surface area contributed by atoms with E-state index in [1.807, 2.05) is 24.3 Å². The minimum Gasteiger partial charge on any atom is -0.380 e. The van der Waals surface area contributed by atoms with Crippen LogP contribution in [0.3, 0.4) is 0 Å². The molecule has 0 aromatic heterocycles. The second-order valence-electron chi connectivity index (χ2n) is 3.62. The van der Waals surface area contributed by atoms with Crippen molar-refractivity contribution in [1.82, 2.24) is 0 Å². The Bertz CT molecular complexity index is 299. The summed E-state index contributed by atoms with van der Waals surface area (Å²) in [6.07, 6.45) is 1.37. The number of anilines is 1. The number of halogens is 1. The molecular weight excluding hydrogens is 198 g/mol. The average molecular weight is 212 g/mol. The lowest BCUT2D eigenvalue weighted by atomic mass is 10.1. The molecule has 0 spiro atoms. The van der Waals surface area contributed by atoms with Crippen molar-refractivity contribution >= 4 is 17.3 Å². The summed E-state index contributed by atoms with van der Waals surface area (Å²) in [7, 11) is 0. The summed E-state index contributed by atoms with van der Waals surface area (Å²) >= 11 is 5.80. The monoisotopic (exact) mass is 211 g/mol. The van der Waals surface area contributed by atoms with Crippen molar-refractivity contribution in [2.75, 3.05) is 11.9 Å². The van der Waals surface area contributed by atoms with E-state index in [4.69, 9.17) is 16.3 Å². The molecule has 3 heteroatoms. The van der Waals surface area contributed by atoms with Gasteiger partial charge in [-0.2, -0.15) is 0 Å². The number of hydrogen-bond donors (Lipinski definition) is 1. The maximum atomic E-state index is 5.80. The Morgan fingerprint density at radius 3 is 2.64 bits per heavy atom. The van der Waals surface area contributed by atoms with Gasteiger partial charge in [-0.15, -0.1) is 0 Å². The fraction of sp³-hybridized carbons (Fsp3) is 0.455. The minimum absolute atomic E-state index is 0.297. The highest BCUT2D eigenvalue weighted by Crippen LogP contribution is 2.20. The summed E-state index contributed by atoms with van der Waals surface area (Å²) < 4.78 is 5.47. The highest BCUT2D eigenvalue weighted by molar-refractivity contribution is 6.30. The van der Waals surface area contributed by atoms with Crippen LogP contribution in [0.2, 0.25) is 5.02 Å². The standard InChI is InChI=1S/C11H14ClNO/c1-8-11(6-7-14-8)13-10-4-2-9(12)3-5-10/h2-5,8,11,13H,6-7H2,1H3/t8-,11+/m0/s1. The molecule has 0 saturated carbocycles. The highest BCUT2D eigenvalue weighted by atomic mass is 35.5. The lowest BCUT2D eigenvalue weighted by Gasteiger charge is -2.17. The fourth-order valence-electron chi connectivity index (χ4n) is 1.68. The van der Waals surface area contributed by atoms with Crippen LogP contribution in [-0.2, 0) is 4.74 Å². The molecule has 0 unspecified atom stereocenters. The smallest absolute Gasteiger partial charge is 0.0748 e. The normalized spacial score (nSPS) is 26.4. The topological polar surface area (TPSA) is 21.3 Å². The quantitative estimate of drug-likeness (QED) is 0.812. The minimum atomic E-state index is 0.297. The first kappa shape index (κ1) is 9.81. The van der Waals surface area contributed by atoms with Gasteiger partial charge in [0.1, 0.15) is 0 Å². The summed E-state index contributed by atoms with van der Waals surface area (Å²) in [4.78, 5) is 0. The predicted octanol–water partition coefficient (Wildman–Crippen LogP) is 2.93. The van der Waals surface area contributed by atoms with E-state index in [2.05, 4.69) is 12.2 Å². The molecule has 0 aliphatic carbocycles. The van der Waals surface area contributed by atoms with Gasteiger partial charge in [0.2, 0.25) is 0 Å². The number of nitrogens with one attached hydrogen (secondary N) is 1. The summed E-state index contributed by atoms with van der Waals surface area (Å²) in [5.74, 6) is 0. The number of hydrogen-bond acceptors (Lipinski definition) is 2. The number of benzene rings is 1. The molecule has 1 saturated heterocycles. The first-order chi connectivity index (χ1) is 6.75. The van der Waals surface area contributed by atoms with Gasteiger partial charge < -0.3 is 10.1 Å². The van der Waals surface area contributed by atoms with E-state index < -0.39 is 0 Å². The van der Waals surface area contributed by atoms with E-state index in [1.54, 1.807) is 0 Å². The second kappa shape index (κ2) is 4.20. The van der Waals surface area contributed by atoms with E-state index in [1.165, 1.54) is 0 Å². The van der Waals surface area contributed by atoms with Gasteiger partial charge in [0, 0.05) is 17.3 Å². The molecule has 1 aliphatic rings. The van der Waals surface area contributed by atoms with Gasteiger partial charge in [0.05, 0.1) is 12.1 Å². The number of ether oxygens (including phenoxy) is 1. The van der Waals surface area contributed by atoms with Crippen molar-refractivity contribution in [3.63, 3.8) is 0 Å². The zero-order valence-electron chi connectivity index (χ0n) is 8.16. The van der Waals surface area contributed by atoms with Crippen molar-refractivity contribution < 1.29 is 4.74 Å². The summed E-state index contributed by atoms with van der Waals surface area (Å²) in [6, 6.07) is 8.20. The third kappa shape index (κ3) is 2.20. The van der Waals surface area contributed by atoms with Crippen LogP contribution in [0, 0.1) is 0 Å². The maximum Gasteiger partial charge on any atom is 0.0748 e. The maximum absolute atomic E-state index is 5.80. The molecule has 14 heavy (non-hydrogen) atoms. The zero-order chi connectivity index (χ0) is 9.97. The molecule has 2 atom stereocenters. The summed E-state index contributed by atoms with van der Waals surface area (Å²) in [6.45, 7) is 2.95. The fourth-order valence-corrected chi connectivity index (χ4v) is 1.81. The Morgan fingerprint density at radius 2 is 2.07 bits per heavy atom. The molecule has 76 valence electrons. The van der Waals surface area contributed by atoms with E-state index in [0.717, 1.165) is 23.7 Å². The Kier molecular flexibility index (Phi) is 2.94. The molecule has 2 rings (SSSR count). The van der Waals surface area contributed by atoms with Crippen LogP contribution in [0.4, 0.5) is 5.69 Å². The Labute approximate surface area is 89.2 Å². The molecule has 1 aliphatic heterocycles. The van der Waals surface area contributed by atoms with Gasteiger partial charge in [0.15, 0.2) is 0 Å². The van der Waals surface area contributed by atoms with Gasteiger partial charge in [-0.3, -0.25) is 0 Å². The Hall–Kier alpha value is -0.730. The van der Waals surface area contributed by atoms with Crippen molar-refractivity contribution in [2.45, 2.75) is 25.5 Å². The molecule has 1 aromatic rings. The van der Waals surface area contributed by atoms with E-state index in [-0.39, 0.29) is 0 Å². The van der Waals surface area contributed by atoms with Crippen LogP contribution in [0.15, 0.2) is 24.3 Å². The summed E-state index contributed by atoms with van der Waals surface area (Å²) in [5, 5.41) is 4.20. The Morgan fingerprint density at radius 1 is 1.36 bits per heavy atom. The summed E-state index contributed by atoms with van der Waals surface area (Å²) in [5.41, 5.74) is 1.11. The average Bonchev–Trinajstić information content (AvgIpc) is 2.56. The molecule has 2 nitrogen and oxygen atoms in total. The van der Waals surface area contributed by atoms with E-state index in [0.29, 0.717) is 12.1 Å². The van der Waals surface area contributed by atoms with Crippen LogP contribution in [0.25, 0.3) is 0 Å². The van der Waals surface area contributed by atoms with Gasteiger partial charge in [-0.05, 0) is 37.6 Å². The zero-order valence-corrected chi connectivity index (χ0v) is 8.92. The van der Waals surface area contributed by atoms with E-state index >= 15 is 0 Å². The van der Waals surface area contributed by atoms with Gasteiger partial charge in [0.25, 0.3) is 0 Å².